The third-order valence-corrected chi connectivity index (χ3v) is 6.45. The fourth-order valence-corrected chi connectivity index (χ4v) is 3.89. The van der Waals surface area contributed by atoms with Gasteiger partial charge in [-0.05, 0) is 33.1 Å². The van der Waals surface area contributed by atoms with E-state index in [9.17, 15) is 0 Å². The maximum atomic E-state index is 5.74. The number of hydrogen-bond donors (Lipinski definition) is 2. The molecule has 2 aliphatic rings. The van der Waals surface area contributed by atoms with Crippen molar-refractivity contribution in [2.24, 2.45) is 10.4 Å². The Hall–Kier alpha value is -0.850. The number of nitrogens with zero attached hydrogens (tertiary/aromatic N) is 2. The molecular weight excluding hydrogens is 316 g/mol. The molecule has 2 unspecified atom stereocenters. The second kappa shape index (κ2) is 8.69. The molecule has 6 nitrogen and oxygen atoms in total. The average molecular weight is 355 g/mol. The maximum Gasteiger partial charge on any atom is 0.191 e. The molecule has 0 aromatic rings. The van der Waals surface area contributed by atoms with E-state index in [1.54, 1.807) is 7.11 Å². The summed E-state index contributed by atoms with van der Waals surface area (Å²) in [5.74, 6) is 0.953. The van der Waals surface area contributed by atoms with Gasteiger partial charge in [0.15, 0.2) is 5.96 Å². The molecule has 1 saturated carbocycles. The lowest BCUT2D eigenvalue weighted by Crippen LogP contribution is -2.70. The van der Waals surface area contributed by atoms with Crippen molar-refractivity contribution in [3.63, 3.8) is 0 Å². The Balaban J connectivity index is 1.84. The third kappa shape index (κ3) is 4.66. The SMILES string of the molecule is CCN=C(NC1CCN(CCOC)CC1)NC1CC(C)(OC)C1(C)C. The molecule has 2 atom stereocenters. The van der Waals surface area contributed by atoms with Crippen LogP contribution in [0.4, 0.5) is 0 Å². The van der Waals surface area contributed by atoms with Crippen molar-refractivity contribution in [2.75, 3.05) is 47.0 Å². The minimum absolute atomic E-state index is 0.0608. The highest BCUT2D eigenvalue weighted by atomic mass is 16.5. The lowest BCUT2D eigenvalue weighted by molar-refractivity contribution is -0.176. The number of hydrogen-bond acceptors (Lipinski definition) is 4. The number of rotatable bonds is 7. The molecule has 0 amide bonds. The van der Waals surface area contributed by atoms with Crippen molar-refractivity contribution in [1.82, 2.24) is 15.5 Å². The van der Waals surface area contributed by atoms with E-state index in [2.05, 4.69) is 48.2 Å². The van der Waals surface area contributed by atoms with E-state index in [4.69, 9.17) is 9.47 Å². The van der Waals surface area contributed by atoms with Crippen LogP contribution < -0.4 is 10.6 Å². The molecule has 0 aromatic carbocycles. The van der Waals surface area contributed by atoms with Gasteiger partial charge in [0.1, 0.15) is 0 Å². The zero-order valence-corrected chi connectivity index (χ0v) is 17.0. The molecule has 0 bridgehead atoms. The first-order valence-electron chi connectivity index (χ1n) is 9.70. The van der Waals surface area contributed by atoms with Crippen LogP contribution in [-0.2, 0) is 9.47 Å². The van der Waals surface area contributed by atoms with Crippen LogP contribution in [0, 0.1) is 5.41 Å². The number of ether oxygens (including phenoxy) is 2. The van der Waals surface area contributed by atoms with Crippen LogP contribution in [0.5, 0.6) is 0 Å². The van der Waals surface area contributed by atoms with Gasteiger partial charge >= 0.3 is 0 Å². The van der Waals surface area contributed by atoms with Crippen LogP contribution in [0.15, 0.2) is 4.99 Å². The Bertz CT molecular complexity index is 447. The maximum absolute atomic E-state index is 5.74. The average Bonchev–Trinajstić information content (AvgIpc) is 2.60. The van der Waals surface area contributed by atoms with Gasteiger partial charge < -0.3 is 25.0 Å². The van der Waals surface area contributed by atoms with Crippen LogP contribution in [-0.4, -0.2) is 75.5 Å². The zero-order chi connectivity index (χ0) is 18.5. The highest BCUT2D eigenvalue weighted by Crippen LogP contribution is 2.51. The summed E-state index contributed by atoms with van der Waals surface area (Å²) < 4.78 is 10.9. The van der Waals surface area contributed by atoms with E-state index in [0.29, 0.717) is 12.1 Å². The van der Waals surface area contributed by atoms with E-state index in [0.717, 1.165) is 58.0 Å². The molecule has 2 N–H and O–H groups in total. The van der Waals surface area contributed by atoms with Crippen molar-refractivity contribution in [1.29, 1.82) is 0 Å². The first kappa shape index (κ1) is 20.5. The molecule has 0 aromatic heterocycles. The molecule has 1 aliphatic heterocycles. The fraction of sp³-hybridized carbons (Fsp3) is 0.947. The van der Waals surface area contributed by atoms with Crippen LogP contribution in [0.25, 0.3) is 0 Å². The first-order chi connectivity index (χ1) is 11.9. The van der Waals surface area contributed by atoms with Gasteiger partial charge in [0.25, 0.3) is 0 Å². The number of nitrogens with one attached hydrogen (secondary N) is 2. The van der Waals surface area contributed by atoms with Gasteiger partial charge in [0.05, 0.1) is 12.2 Å². The molecule has 1 aliphatic carbocycles. The van der Waals surface area contributed by atoms with Crippen molar-refractivity contribution in [3.05, 3.63) is 0 Å². The number of likely N-dealkylation sites (tertiary alicyclic amines) is 1. The molecule has 6 heteroatoms. The van der Waals surface area contributed by atoms with E-state index < -0.39 is 0 Å². The molecular formula is C19H38N4O2. The quantitative estimate of drug-likeness (QED) is 0.540. The summed E-state index contributed by atoms with van der Waals surface area (Å²) in [5, 5.41) is 7.31. The fourth-order valence-electron chi connectivity index (χ4n) is 3.89. The summed E-state index contributed by atoms with van der Waals surface area (Å²) in [7, 11) is 3.58. The van der Waals surface area contributed by atoms with E-state index in [1.807, 2.05) is 7.11 Å². The zero-order valence-electron chi connectivity index (χ0n) is 17.0. The van der Waals surface area contributed by atoms with Crippen LogP contribution in [0.2, 0.25) is 0 Å². The smallest absolute Gasteiger partial charge is 0.191 e. The van der Waals surface area contributed by atoms with E-state index >= 15 is 0 Å². The summed E-state index contributed by atoms with van der Waals surface area (Å²) in [6.07, 6.45) is 3.31. The first-order valence-corrected chi connectivity index (χ1v) is 9.70. The Labute approximate surface area is 153 Å². The molecule has 1 heterocycles. The molecule has 1 saturated heterocycles. The molecule has 0 spiro atoms. The standard InChI is InChI=1S/C19H38N4O2/c1-7-20-17(22-16-14-19(4,25-6)18(16,2)3)21-15-8-10-23(11-9-15)12-13-24-5/h15-16H,7-14H2,1-6H3,(H2,20,21,22). The number of methoxy groups -OCH3 is 2. The van der Waals surface area contributed by atoms with Crippen molar-refractivity contribution in [2.45, 2.75) is 64.6 Å². The molecule has 2 rings (SSSR count). The second-order valence-electron chi connectivity index (χ2n) is 8.13. The van der Waals surface area contributed by atoms with Crippen molar-refractivity contribution >= 4 is 5.96 Å². The highest BCUT2D eigenvalue weighted by Gasteiger charge is 2.58. The molecule has 0 radical (unpaired) electrons. The lowest BCUT2D eigenvalue weighted by atomic mass is 9.56. The van der Waals surface area contributed by atoms with Gasteiger partial charge in [-0.1, -0.05) is 13.8 Å². The van der Waals surface area contributed by atoms with Crippen LogP contribution >= 0.6 is 0 Å². The third-order valence-electron chi connectivity index (χ3n) is 6.45. The van der Waals surface area contributed by atoms with Gasteiger partial charge in [-0.3, -0.25) is 4.99 Å². The second-order valence-corrected chi connectivity index (χ2v) is 8.13. The van der Waals surface area contributed by atoms with Crippen LogP contribution in [0.3, 0.4) is 0 Å². The largest absolute Gasteiger partial charge is 0.383 e. The Morgan fingerprint density at radius 1 is 1.16 bits per heavy atom. The van der Waals surface area contributed by atoms with Crippen molar-refractivity contribution in [3.8, 4) is 0 Å². The van der Waals surface area contributed by atoms with E-state index in [-0.39, 0.29) is 11.0 Å². The predicted molar refractivity (Wildman–Crippen MR) is 103 cm³/mol. The minimum Gasteiger partial charge on any atom is -0.383 e. The lowest BCUT2D eigenvalue weighted by Gasteiger charge is -2.59. The molecule has 2 fully saturated rings. The van der Waals surface area contributed by atoms with Gasteiger partial charge in [-0.15, -0.1) is 0 Å². The normalized spacial score (nSPS) is 30.8. The Kier molecular flexibility index (Phi) is 7.11. The number of guanidine groups is 1. The topological polar surface area (TPSA) is 58.1 Å². The molecule has 25 heavy (non-hydrogen) atoms. The molecule has 146 valence electrons. The summed E-state index contributed by atoms with van der Waals surface area (Å²) in [5.41, 5.74) is 0.0239. The summed E-state index contributed by atoms with van der Waals surface area (Å²) >= 11 is 0. The Morgan fingerprint density at radius 3 is 2.36 bits per heavy atom. The monoisotopic (exact) mass is 354 g/mol. The van der Waals surface area contributed by atoms with Gasteiger partial charge in [0, 0.05) is 57.9 Å². The van der Waals surface area contributed by atoms with E-state index in [1.165, 1.54) is 0 Å². The number of piperidine rings is 1. The van der Waals surface area contributed by atoms with Gasteiger partial charge in [-0.2, -0.15) is 0 Å². The predicted octanol–water partition coefficient (Wildman–Crippen LogP) is 1.86. The Morgan fingerprint density at radius 2 is 1.84 bits per heavy atom. The van der Waals surface area contributed by atoms with Crippen molar-refractivity contribution < 1.29 is 9.47 Å². The van der Waals surface area contributed by atoms with Crippen LogP contribution in [0.1, 0.15) is 47.0 Å². The minimum atomic E-state index is -0.0608. The highest BCUT2D eigenvalue weighted by molar-refractivity contribution is 5.80. The van der Waals surface area contributed by atoms with Gasteiger partial charge in [0.2, 0.25) is 0 Å². The van der Waals surface area contributed by atoms with Gasteiger partial charge in [-0.25, -0.2) is 0 Å². The summed E-state index contributed by atoms with van der Waals surface area (Å²) in [6.45, 7) is 13.7. The number of aliphatic imine (C=N–C) groups is 1. The summed E-state index contributed by atoms with van der Waals surface area (Å²) in [4.78, 5) is 7.14. The summed E-state index contributed by atoms with van der Waals surface area (Å²) in [6, 6.07) is 0.880.